The number of aromatic nitrogens is 5. The maximum absolute atomic E-state index is 12.8. The highest BCUT2D eigenvalue weighted by molar-refractivity contribution is 6.33. The Kier molecular flexibility index (Phi) is 7.68. The summed E-state index contributed by atoms with van der Waals surface area (Å²) in [5.74, 6) is -0.297. The van der Waals surface area contributed by atoms with Crippen molar-refractivity contribution in [1.82, 2.24) is 35.6 Å². The van der Waals surface area contributed by atoms with Gasteiger partial charge in [-0.05, 0) is 42.3 Å². The maximum Gasteiger partial charge on any atom is 0.293 e. The number of halogens is 1. The molecule has 164 valence electrons. The fraction of sp³-hybridized carbons (Fsp3) is 0.368. The van der Waals surface area contributed by atoms with Gasteiger partial charge in [-0.1, -0.05) is 48.9 Å². The van der Waals surface area contributed by atoms with Crippen molar-refractivity contribution in [2.75, 3.05) is 18.8 Å². The Morgan fingerprint density at radius 1 is 1.29 bits per heavy atom. The lowest BCUT2D eigenvalue weighted by Gasteiger charge is -2.21. The van der Waals surface area contributed by atoms with Gasteiger partial charge in [0.05, 0.1) is 11.9 Å². The van der Waals surface area contributed by atoms with Gasteiger partial charge in [0.25, 0.3) is 5.91 Å². The van der Waals surface area contributed by atoms with Crippen LogP contribution in [-0.2, 0) is 6.54 Å². The number of carbonyl (C=O) groups excluding carboxylic acids is 1. The van der Waals surface area contributed by atoms with Crippen LogP contribution in [0.25, 0.3) is 5.82 Å². The van der Waals surface area contributed by atoms with Gasteiger partial charge in [0.2, 0.25) is 11.6 Å². The quantitative estimate of drug-likeness (QED) is 0.357. The normalized spacial score (nSPS) is 11.5. The molecule has 0 saturated carbocycles. The number of nitrogens with one attached hydrogen (secondary N) is 1. The zero-order chi connectivity index (χ0) is 22.2. The van der Waals surface area contributed by atoms with Crippen LogP contribution in [0.4, 0.5) is 5.82 Å². The molecular formula is C19H24ClN9O2. The van der Waals surface area contributed by atoms with Crippen LogP contribution in [0, 0.1) is 0 Å². The molecule has 31 heavy (non-hydrogen) atoms. The second-order valence-corrected chi connectivity index (χ2v) is 7.17. The molecule has 2 aromatic heterocycles. The van der Waals surface area contributed by atoms with E-state index in [2.05, 4.69) is 54.5 Å². The van der Waals surface area contributed by atoms with Gasteiger partial charge in [-0.25, -0.2) is 10.1 Å². The Morgan fingerprint density at radius 2 is 2.03 bits per heavy atom. The summed E-state index contributed by atoms with van der Waals surface area (Å²) in [6, 6.07) is 7.16. The number of hydrogen-bond donors (Lipinski definition) is 2. The molecule has 0 bridgehead atoms. The summed E-state index contributed by atoms with van der Waals surface area (Å²) in [5.41, 5.74) is 9.59. The summed E-state index contributed by atoms with van der Waals surface area (Å²) < 4.78 is 6.06. The van der Waals surface area contributed by atoms with E-state index < -0.39 is 5.91 Å². The van der Waals surface area contributed by atoms with Crippen LogP contribution < -0.4 is 11.2 Å². The Hall–Kier alpha value is -3.31. The van der Waals surface area contributed by atoms with Crippen LogP contribution in [0.5, 0.6) is 0 Å². The van der Waals surface area contributed by atoms with Crippen molar-refractivity contribution in [3.63, 3.8) is 0 Å². The SMILES string of the molecule is CCCN(CCC)Cc1c(C(=O)N/N=C\c2ccccc2Cl)nnn1-c1nonc1N. The molecule has 3 N–H and O–H groups in total. The van der Waals surface area contributed by atoms with E-state index in [0.717, 1.165) is 25.9 Å². The molecule has 11 nitrogen and oxygen atoms in total. The summed E-state index contributed by atoms with van der Waals surface area (Å²) >= 11 is 6.10. The van der Waals surface area contributed by atoms with Gasteiger partial charge in [-0.3, -0.25) is 9.69 Å². The van der Waals surface area contributed by atoms with E-state index in [9.17, 15) is 4.79 Å². The molecule has 0 saturated heterocycles. The number of anilines is 1. The van der Waals surface area contributed by atoms with Gasteiger partial charge in [0, 0.05) is 17.1 Å². The van der Waals surface area contributed by atoms with Gasteiger partial charge in [0.1, 0.15) is 0 Å². The molecule has 0 aliphatic heterocycles. The molecule has 12 heteroatoms. The molecule has 0 atom stereocenters. The predicted molar refractivity (Wildman–Crippen MR) is 116 cm³/mol. The highest BCUT2D eigenvalue weighted by Gasteiger charge is 2.25. The molecule has 0 fully saturated rings. The largest absolute Gasteiger partial charge is 0.378 e. The zero-order valence-corrected chi connectivity index (χ0v) is 18.1. The van der Waals surface area contributed by atoms with Crippen LogP contribution in [-0.4, -0.2) is 55.4 Å². The van der Waals surface area contributed by atoms with Crippen LogP contribution in [0.15, 0.2) is 34.0 Å². The van der Waals surface area contributed by atoms with Crippen molar-refractivity contribution in [1.29, 1.82) is 0 Å². The topological polar surface area (TPSA) is 140 Å². The summed E-state index contributed by atoms with van der Waals surface area (Å²) in [6.45, 7) is 6.29. The number of benzene rings is 1. The second kappa shape index (κ2) is 10.6. The molecule has 0 radical (unpaired) electrons. The lowest BCUT2D eigenvalue weighted by molar-refractivity contribution is 0.0947. The third kappa shape index (κ3) is 5.44. The molecule has 0 spiro atoms. The third-order valence-corrected chi connectivity index (χ3v) is 4.75. The van der Waals surface area contributed by atoms with Crippen LogP contribution in [0.2, 0.25) is 5.02 Å². The molecule has 3 rings (SSSR count). The summed E-state index contributed by atoms with van der Waals surface area (Å²) in [7, 11) is 0. The highest BCUT2D eigenvalue weighted by atomic mass is 35.5. The summed E-state index contributed by atoms with van der Waals surface area (Å²) in [5, 5.41) is 20.0. The minimum Gasteiger partial charge on any atom is -0.378 e. The van der Waals surface area contributed by atoms with Gasteiger partial charge in [-0.2, -0.15) is 9.78 Å². The summed E-state index contributed by atoms with van der Waals surface area (Å²) in [6.07, 6.45) is 3.38. The number of nitrogens with zero attached hydrogens (tertiary/aromatic N) is 7. The van der Waals surface area contributed by atoms with Crippen molar-refractivity contribution < 1.29 is 9.42 Å². The average molecular weight is 446 g/mol. The second-order valence-electron chi connectivity index (χ2n) is 6.77. The van der Waals surface area contributed by atoms with Gasteiger partial charge < -0.3 is 5.73 Å². The standard InChI is InChI=1S/C19H24ClN9O2/c1-3-9-28(10-4-2)12-15-16(23-27-29(15)18-17(21)25-31-26-18)19(30)24-22-11-13-7-5-6-8-14(13)20/h5-8,11H,3-4,9-10,12H2,1-2H3,(H2,21,25)(H,24,30)/b22-11-. The summed E-state index contributed by atoms with van der Waals surface area (Å²) in [4.78, 5) is 15.0. The number of rotatable bonds is 10. The van der Waals surface area contributed by atoms with Crippen molar-refractivity contribution >= 4 is 29.5 Å². The van der Waals surface area contributed by atoms with Crippen molar-refractivity contribution in [2.24, 2.45) is 5.10 Å². The van der Waals surface area contributed by atoms with Crippen molar-refractivity contribution in [2.45, 2.75) is 33.2 Å². The first kappa shape index (κ1) is 22.4. The van der Waals surface area contributed by atoms with E-state index >= 15 is 0 Å². The molecule has 1 amide bonds. The highest BCUT2D eigenvalue weighted by Crippen LogP contribution is 2.18. The number of carbonyl (C=O) groups is 1. The van der Waals surface area contributed by atoms with Gasteiger partial charge in [0.15, 0.2) is 5.69 Å². The first-order valence-corrected chi connectivity index (χ1v) is 10.3. The lowest BCUT2D eigenvalue weighted by atomic mass is 10.2. The molecule has 0 aliphatic carbocycles. The number of nitrogen functional groups attached to an aromatic ring is 1. The monoisotopic (exact) mass is 445 g/mol. The number of hydrazone groups is 1. The molecular weight excluding hydrogens is 422 g/mol. The smallest absolute Gasteiger partial charge is 0.293 e. The Bertz CT molecular complexity index is 1040. The first-order chi connectivity index (χ1) is 15.0. The van der Waals surface area contributed by atoms with Crippen LogP contribution in [0.3, 0.4) is 0 Å². The minimum atomic E-state index is -0.521. The Morgan fingerprint density at radius 3 is 2.68 bits per heavy atom. The Labute approximate surface area is 184 Å². The molecule has 0 unspecified atom stereocenters. The molecule has 3 aromatic rings. The molecule has 2 heterocycles. The number of nitrogens with two attached hydrogens (primary N) is 1. The van der Waals surface area contributed by atoms with Gasteiger partial charge >= 0.3 is 0 Å². The van der Waals surface area contributed by atoms with Crippen molar-refractivity contribution in [3.05, 3.63) is 46.2 Å². The van der Waals surface area contributed by atoms with Crippen molar-refractivity contribution in [3.8, 4) is 5.82 Å². The van der Waals surface area contributed by atoms with Crippen LogP contribution >= 0.6 is 11.6 Å². The van der Waals surface area contributed by atoms with E-state index in [1.54, 1.807) is 12.1 Å². The molecule has 0 aliphatic rings. The van der Waals surface area contributed by atoms with E-state index in [1.807, 2.05) is 12.1 Å². The predicted octanol–water partition coefficient (Wildman–Crippen LogP) is 2.27. The fourth-order valence-corrected chi connectivity index (χ4v) is 3.22. The maximum atomic E-state index is 12.8. The Balaban J connectivity index is 1.88. The first-order valence-electron chi connectivity index (χ1n) is 9.88. The number of hydrogen-bond acceptors (Lipinski definition) is 9. The minimum absolute atomic E-state index is 0.0485. The van der Waals surface area contributed by atoms with E-state index in [0.29, 0.717) is 22.8 Å². The average Bonchev–Trinajstić information content (AvgIpc) is 3.35. The zero-order valence-electron chi connectivity index (χ0n) is 17.3. The fourth-order valence-electron chi connectivity index (χ4n) is 3.04. The van der Waals surface area contributed by atoms with E-state index in [4.69, 9.17) is 17.3 Å². The molecule has 1 aromatic carbocycles. The number of amides is 1. The van der Waals surface area contributed by atoms with Crippen LogP contribution in [0.1, 0.15) is 48.4 Å². The lowest BCUT2D eigenvalue weighted by Crippen LogP contribution is -2.28. The van der Waals surface area contributed by atoms with E-state index in [-0.39, 0.29) is 17.3 Å². The van der Waals surface area contributed by atoms with E-state index in [1.165, 1.54) is 10.9 Å². The van der Waals surface area contributed by atoms with Gasteiger partial charge in [-0.15, -0.1) is 5.10 Å². The third-order valence-electron chi connectivity index (χ3n) is 4.40.